The molecular weight excluding hydrogens is 419 g/mol. The lowest BCUT2D eigenvalue weighted by Crippen LogP contribution is -2.47. The van der Waals surface area contributed by atoms with E-state index in [1.807, 2.05) is 42.3 Å². The molecule has 1 aliphatic rings. The van der Waals surface area contributed by atoms with Gasteiger partial charge in [-0.1, -0.05) is 43.7 Å². The number of carbonyl (C=O) groups excluding carboxylic acids is 2. The number of hydrogen-bond donors (Lipinski definition) is 0. The van der Waals surface area contributed by atoms with Gasteiger partial charge in [-0.2, -0.15) is 0 Å². The molecule has 2 amide bonds. The largest absolute Gasteiger partial charge is 0.493 e. The Labute approximate surface area is 196 Å². The summed E-state index contributed by atoms with van der Waals surface area (Å²) < 4.78 is 19.3. The van der Waals surface area contributed by atoms with E-state index < -0.39 is 0 Å². The second kappa shape index (κ2) is 11.8. The number of nitrogens with zero attached hydrogens (tertiary/aromatic N) is 2. The van der Waals surface area contributed by atoms with E-state index in [1.54, 1.807) is 17.0 Å². The van der Waals surface area contributed by atoms with Crippen LogP contribution in [-0.4, -0.2) is 48.4 Å². The van der Waals surface area contributed by atoms with Gasteiger partial charge in [0, 0.05) is 44.9 Å². The molecule has 0 aliphatic carbocycles. The molecule has 0 spiro atoms. The lowest BCUT2D eigenvalue weighted by molar-refractivity contribution is -0.137. The van der Waals surface area contributed by atoms with Gasteiger partial charge in [-0.05, 0) is 49.1 Å². The second-order valence-electron chi connectivity index (χ2n) is 9.14. The molecule has 0 bridgehead atoms. The van der Waals surface area contributed by atoms with E-state index in [4.69, 9.17) is 4.74 Å². The summed E-state index contributed by atoms with van der Waals surface area (Å²) in [5, 5.41) is 0. The van der Waals surface area contributed by atoms with Crippen molar-refractivity contribution in [1.29, 1.82) is 0 Å². The third-order valence-electron chi connectivity index (χ3n) is 6.49. The molecule has 5 nitrogen and oxygen atoms in total. The van der Waals surface area contributed by atoms with Crippen LogP contribution in [0.25, 0.3) is 0 Å². The predicted molar refractivity (Wildman–Crippen MR) is 127 cm³/mol. The quantitative estimate of drug-likeness (QED) is 0.505. The Morgan fingerprint density at radius 3 is 2.36 bits per heavy atom. The van der Waals surface area contributed by atoms with E-state index in [0.29, 0.717) is 57.7 Å². The Morgan fingerprint density at radius 1 is 1.06 bits per heavy atom. The van der Waals surface area contributed by atoms with Crippen molar-refractivity contribution < 1.29 is 18.7 Å². The summed E-state index contributed by atoms with van der Waals surface area (Å²) in [6.45, 7) is 4.26. The Bertz CT molecular complexity index is 893. The van der Waals surface area contributed by atoms with Crippen molar-refractivity contribution >= 4 is 11.8 Å². The van der Waals surface area contributed by atoms with Crippen LogP contribution >= 0.6 is 0 Å². The van der Waals surface area contributed by atoms with Crippen LogP contribution in [0.5, 0.6) is 5.75 Å². The maximum Gasteiger partial charge on any atom is 0.223 e. The van der Waals surface area contributed by atoms with Crippen LogP contribution in [0.3, 0.4) is 0 Å². The van der Waals surface area contributed by atoms with Gasteiger partial charge in [0.05, 0.1) is 6.61 Å². The van der Waals surface area contributed by atoms with Crippen molar-refractivity contribution in [2.45, 2.75) is 52.0 Å². The van der Waals surface area contributed by atoms with Gasteiger partial charge in [0.2, 0.25) is 11.8 Å². The van der Waals surface area contributed by atoms with Gasteiger partial charge in [-0.15, -0.1) is 0 Å². The summed E-state index contributed by atoms with van der Waals surface area (Å²) in [4.78, 5) is 29.3. The molecule has 178 valence electrons. The number of piperidine rings is 1. The zero-order valence-corrected chi connectivity index (χ0v) is 19.8. The van der Waals surface area contributed by atoms with Gasteiger partial charge < -0.3 is 14.5 Å². The van der Waals surface area contributed by atoms with Crippen LogP contribution in [0, 0.1) is 11.2 Å². The molecule has 1 fully saturated rings. The third-order valence-corrected chi connectivity index (χ3v) is 6.49. The predicted octanol–water partition coefficient (Wildman–Crippen LogP) is 5.05. The van der Waals surface area contributed by atoms with Gasteiger partial charge in [0.15, 0.2) is 0 Å². The molecule has 2 aromatic carbocycles. The van der Waals surface area contributed by atoms with E-state index in [2.05, 4.69) is 6.92 Å². The van der Waals surface area contributed by atoms with Crippen molar-refractivity contribution in [3.8, 4) is 5.75 Å². The number of unbranched alkanes of at least 4 members (excludes halogenated alkanes) is 1. The molecular formula is C27H35FN2O3. The molecule has 3 rings (SSSR count). The molecule has 0 unspecified atom stereocenters. The zero-order chi connectivity index (χ0) is 23.7. The molecule has 0 aromatic heterocycles. The number of benzene rings is 2. The fourth-order valence-corrected chi connectivity index (χ4v) is 4.26. The summed E-state index contributed by atoms with van der Waals surface area (Å²) in [5.41, 5.74) is 0.721. The average molecular weight is 455 g/mol. The highest BCUT2D eigenvalue weighted by molar-refractivity contribution is 5.77. The molecule has 0 N–H and O–H groups in total. The first kappa shape index (κ1) is 24.7. The molecule has 0 saturated carbocycles. The number of amides is 2. The number of likely N-dealkylation sites (tertiary alicyclic amines) is 1. The Balaban J connectivity index is 1.66. The first-order valence-electron chi connectivity index (χ1n) is 11.8. The Kier molecular flexibility index (Phi) is 8.87. The van der Waals surface area contributed by atoms with E-state index in [0.717, 1.165) is 18.4 Å². The molecule has 0 radical (unpaired) electrons. The highest BCUT2D eigenvalue weighted by Gasteiger charge is 2.39. The van der Waals surface area contributed by atoms with Crippen LogP contribution in [0.2, 0.25) is 0 Å². The minimum atomic E-state index is -0.363. The topological polar surface area (TPSA) is 49.9 Å². The summed E-state index contributed by atoms with van der Waals surface area (Å²) in [5.74, 6) is 0.528. The van der Waals surface area contributed by atoms with Gasteiger partial charge >= 0.3 is 0 Å². The second-order valence-corrected chi connectivity index (χ2v) is 9.14. The SMILES string of the molecule is CCCCC(=O)N1CCC(COc2ccc(F)cc2)(CC(=O)N(C)Cc2ccccc2)CC1. The Morgan fingerprint density at radius 2 is 1.73 bits per heavy atom. The van der Waals surface area contributed by atoms with Gasteiger partial charge in [-0.3, -0.25) is 9.59 Å². The smallest absolute Gasteiger partial charge is 0.223 e. The van der Waals surface area contributed by atoms with Crippen molar-refractivity contribution in [1.82, 2.24) is 9.80 Å². The van der Waals surface area contributed by atoms with Crippen molar-refractivity contribution in [2.24, 2.45) is 5.41 Å². The number of carbonyl (C=O) groups is 2. The van der Waals surface area contributed by atoms with Crippen molar-refractivity contribution in [2.75, 3.05) is 26.7 Å². The summed E-state index contributed by atoms with van der Waals surface area (Å²) in [6.07, 6.45) is 4.24. The number of hydrogen-bond acceptors (Lipinski definition) is 3. The summed E-state index contributed by atoms with van der Waals surface area (Å²) >= 11 is 0. The molecule has 2 aromatic rings. The molecule has 0 atom stereocenters. The van der Waals surface area contributed by atoms with Crippen molar-refractivity contribution in [3.05, 3.63) is 66.0 Å². The lowest BCUT2D eigenvalue weighted by atomic mass is 9.75. The molecule has 1 aliphatic heterocycles. The van der Waals surface area contributed by atoms with Crippen LogP contribution in [0.1, 0.15) is 51.0 Å². The maximum atomic E-state index is 13.3. The molecule has 6 heteroatoms. The molecule has 1 saturated heterocycles. The fraction of sp³-hybridized carbons (Fsp3) is 0.481. The van der Waals surface area contributed by atoms with Crippen molar-refractivity contribution in [3.63, 3.8) is 0 Å². The highest BCUT2D eigenvalue weighted by Crippen LogP contribution is 2.37. The maximum absolute atomic E-state index is 13.3. The number of rotatable bonds is 10. The standard InChI is InChI=1S/C27H35FN2O3/c1-3-4-10-25(31)30-17-15-27(16-18-30,21-33-24-13-11-23(28)12-14-24)19-26(32)29(2)20-22-8-6-5-7-9-22/h5-9,11-14H,3-4,10,15-21H2,1-2H3. The van der Waals surface area contributed by atoms with Gasteiger partial charge in [-0.25, -0.2) is 4.39 Å². The van der Waals surface area contributed by atoms with Crippen LogP contribution in [0.15, 0.2) is 54.6 Å². The third kappa shape index (κ3) is 7.31. The fourth-order valence-electron chi connectivity index (χ4n) is 4.26. The van der Waals surface area contributed by atoms with Gasteiger partial charge in [0.1, 0.15) is 11.6 Å². The monoisotopic (exact) mass is 454 g/mol. The minimum Gasteiger partial charge on any atom is -0.493 e. The minimum absolute atomic E-state index is 0.0623. The van der Waals surface area contributed by atoms with E-state index >= 15 is 0 Å². The summed E-state index contributed by atoms with van der Waals surface area (Å²) in [6, 6.07) is 15.9. The van der Waals surface area contributed by atoms with Crippen LogP contribution < -0.4 is 4.74 Å². The summed E-state index contributed by atoms with van der Waals surface area (Å²) in [7, 11) is 1.83. The average Bonchev–Trinajstić information content (AvgIpc) is 2.83. The number of halogens is 1. The van der Waals surface area contributed by atoms with Crippen LogP contribution in [0.4, 0.5) is 4.39 Å². The number of ether oxygens (including phenoxy) is 1. The normalized spacial score (nSPS) is 15.2. The lowest BCUT2D eigenvalue weighted by Gasteiger charge is -2.42. The zero-order valence-electron chi connectivity index (χ0n) is 19.8. The first-order chi connectivity index (χ1) is 15.9. The first-order valence-corrected chi connectivity index (χ1v) is 11.8. The van der Waals surface area contributed by atoms with E-state index in [1.165, 1.54) is 12.1 Å². The van der Waals surface area contributed by atoms with Crippen LogP contribution in [-0.2, 0) is 16.1 Å². The Hall–Kier alpha value is -2.89. The molecule has 33 heavy (non-hydrogen) atoms. The molecule has 1 heterocycles. The van der Waals surface area contributed by atoms with E-state index in [9.17, 15) is 14.0 Å². The van der Waals surface area contributed by atoms with Gasteiger partial charge in [0.25, 0.3) is 0 Å². The highest BCUT2D eigenvalue weighted by atomic mass is 19.1. The van der Waals surface area contributed by atoms with E-state index in [-0.39, 0.29) is 23.0 Å².